The quantitative estimate of drug-likeness (QED) is 0.672. The lowest BCUT2D eigenvalue weighted by atomic mass is 10.1. The van der Waals surface area contributed by atoms with Crippen LogP contribution >= 0.6 is 15.0 Å². The topological polar surface area (TPSA) is 126 Å². The summed E-state index contributed by atoms with van der Waals surface area (Å²) in [6.07, 6.45) is 0.906. The van der Waals surface area contributed by atoms with Crippen LogP contribution in [0.3, 0.4) is 0 Å². The van der Waals surface area contributed by atoms with Gasteiger partial charge in [0.2, 0.25) is 18.7 Å². The van der Waals surface area contributed by atoms with Gasteiger partial charge in [-0.1, -0.05) is 17.7 Å². The third-order valence-electron chi connectivity index (χ3n) is 4.24. The van der Waals surface area contributed by atoms with Crippen LogP contribution in [0.2, 0.25) is 0 Å². The van der Waals surface area contributed by atoms with Crippen LogP contribution in [-0.4, -0.2) is 31.8 Å². The van der Waals surface area contributed by atoms with Gasteiger partial charge in [-0.25, -0.2) is 0 Å². The predicted octanol–water partition coefficient (Wildman–Crippen LogP) is 3.12. The molecule has 0 saturated carbocycles. The summed E-state index contributed by atoms with van der Waals surface area (Å²) >= 11 is 0. The molecule has 1 aromatic heterocycles. The van der Waals surface area contributed by atoms with Crippen LogP contribution in [0.5, 0.6) is 5.75 Å². The van der Waals surface area contributed by atoms with Crippen molar-refractivity contribution in [1.29, 1.82) is 0 Å². The molecule has 1 aliphatic rings. The highest BCUT2D eigenvalue weighted by Crippen LogP contribution is 2.79. The van der Waals surface area contributed by atoms with Gasteiger partial charge < -0.3 is 15.1 Å². The Morgan fingerprint density at radius 3 is 2.62 bits per heavy atom. The number of hydrogen-bond donors (Lipinski definition) is 3. The van der Waals surface area contributed by atoms with Gasteiger partial charge in [0.25, 0.3) is 0 Å². The van der Waals surface area contributed by atoms with Crippen molar-refractivity contribution in [3.8, 4) is 5.75 Å². The fourth-order valence-corrected chi connectivity index (χ4v) is 7.04. The van der Waals surface area contributed by atoms with Crippen molar-refractivity contribution in [2.45, 2.75) is 24.7 Å². The van der Waals surface area contributed by atoms with E-state index in [0.717, 1.165) is 12.2 Å². The summed E-state index contributed by atoms with van der Waals surface area (Å²) < 4.78 is 36.4. The maximum Gasteiger partial charge on any atom is 0.372 e. The Labute approximate surface area is 150 Å². The molecule has 4 atom stereocenters. The zero-order valence-electron chi connectivity index (χ0n) is 14.1. The zero-order valence-corrected chi connectivity index (χ0v) is 15.9. The SMILES string of the molecule is Cc1ccc(O)c(C2OP(C)(=O)C(O)(Cc3cccnc3)P(=O)(O)O2)c1. The number of nitrogens with zero attached hydrogens (tertiary/aromatic N) is 1. The zero-order chi connectivity index (χ0) is 19.2. The molecule has 1 fully saturated rings. The van der Waals surface area contributed by atoms with E-state index in [9.17, 15) is 24.2 Å². The van der Waals surface area contributed by atoms with Crippen LogP contribution in [0, 0.1) is 6.92 Å². The number of rotatable bonds is 3. The van der Waals surface area contributed by atoms with Crippen LogP contribution in [-0.2, 0) is 24.6 Å². The summed E-state index contributed by atoms with van der Waals surface area (Å²) in [6, 6.07) is 7.65. The molecule has 4 unspecified atom stereocenters. The molecule has 3 rings (SSSR count). The highest BCUT2D eigenvalue weighted by Gasteiger charge is 2.64. The van der Waals surface area contributed by atoms with Crippen LogP contribution in [0.1, 0.15) is 23.0 Å². The summed E-state index contributed by atoms with van der Waals surface area (Å²) in [6.45, 7) is 2.82. The average molecular weight is 399 g/mol. The second-order valence-corrected chi connectivity index (χ2v) is 11.3. The van der Waals surface area contributed by atoms with Gasteiger partial charge >= 0.3 is 7.60 Å². The van der Waals surface area contributed by atoms with E-state index in [0.29, 0.717) is 5.56 Å². The Balaban J connectivity index is 2.01. The van der Waals surface area contributed by atoms with E-state index >= 15 is 0 Å². The van der Waals surface area contributed by atoms with Gasteiger partial charge in [-0.15, -0.1) is 0 Å². The van der Waals surface area contributed by atoms with E-state index in [2.05, 4.69) is 4.98 Å². The molecule has 1 saturated heterocycles. The number of pyridine rings is 1. The van der Waals surface area contributed by atoms with Gasteiger partial charge in [0, 0.05) is 25.5 Å². The van der Waals surface area contributed by atoms with Gasteiger partial charge in [-0.2, -0.15) is 0 Å². The first-order valence-electron chi connectivity index (χ1n) is 7.74. The Kier molecular flexibility index (Phi) is 4.86. The highest BCUT2D eigenvalue weighted by molar-refractivity contribution is 7.75. The van der Waals surface area contributed by atoms with E-state index < -0.39 is 32.8 Å². The van der Waals surface area contributed by atoms with Crippen molar-refractivity contribution >= 4 is 15.0 Å². The number of aromatic nitrogens is 1. The smallest absolute Gasteiger partial charge is 0.372 e. The normalized spacial score (nSPS) is 34.5. The molecule has 140 valence electrons. The first-order chi connectivity index (χ1) is 12.1. The van der Waals surface area contributed by atoms with E-state index in [-0.39, 0.29) is 11.3 Å². The first-order valence-corrected chi connectivity index (χ1v) is 11.4. The van der Waals surface area contributed by atoms with E-state index in [1.54, 1.807) is 25.1 Å². The Morgan fingerprint density at radius 2 is 2.00 bits per heavy atom. The Bertz CT molecular complexity index is 892. The molecular formula is C16H19NO7P2. The van der Waals surface area contributed by atoms with Crippen molar-refractivity contribution in [3.63, 3.8) is 0 Å². The predicted molar refractivity (Wildman–Crippen MR) is 94.0 cm³/mol. The summed E-state index contributed by atoms with van der Waals surface area (Å²) in [5.41, 5.74) is 1.19. The first kappa shape index (κ1) is 19.2. The second-order valence-electron chi connectivity index (χ2n) is 6.28. The molecule has 2 heterocycles. The van der Waals surface area contributed by atoms with Crippen LogP contribution < -0.4 is 0 Å². The molecular weight excluding hydrogens is 380 g/mol. The van der Waals surface area contributed by atoms with Gasteiger partial charge in [0.15, 0.2) is 0 Å². The molecule has 0 bridgehead atoms. The fourth-order valence-electron chi connectivity index (χ4n) is 2.73. The van der Waals surface area contributed by atoms with Gasteiger partial charge in [-0.3, -0.25) is 23.2 Å². The van der Waals surface area contributed by atoms with Gasteiger partial charge in [0.1, 0.15) is 5.75 Å². The minimum absolute atomic E-state index is 0.0600. The Morgan fingerprint density at radius 1 is 1.27 bits per heavy atom. The molecule has 0 radical (unpaired) electrons. The van der Waals surface area contributed by atoms with Crippen LogP contribution in [0.4, 0.5) is 0 Å². The number of phenolic OH excluding ortho intramolecular Hbond substituents is 1. The minimum Gasteiger partial charge on any atom is -0.507 e. The number of phenols is 1. The fraction of sp³-hybridized carbons (Fsp3) is 0.312. The van der Waals surface area contributed by atoms with E-state index in [4.69, 9.17) is 9.05 Å². The lowest BCUT2D eigenvalue weighted by Crippen LogP contribution is -2.37. The Hall–Kier alpha value is -1.53. The van der Waals surface area contributed by atoms with Crippen molar-refractivity contribution in [2.75, 3.05) is 6.66 Å². The lowest BCUT2D eigenvalue weighted by molar-refractivity contribution is -0.0450. The molecule has 1 aromatic carbocycles. The number of aromatic hydroxyl groups is 1. The molecule has 0 spiro atoms. The number of benzene rings is 1. The highest BCUT2D eigenvalue weighted by atomic mass is 31.2. The number of aryl methyl sites for hydroxylation is 1. The lowest BCUT2D eigenvalue weighted by Gasteiger charge is -2.43. The minimum atomic E-state index is -4.82. The summed E-state index contributed by atoms with van der Waals surface area (Å²) in [5, 5.41) is 18.2. The summed E-state index contributed by atoms with van der Waals surface area (Å²) in [5.74, 6) is -0.238. The van der Waals surface area contributed by atoms with Crippen molar-refractivity contribution in [2.24, 2.45) is 0 Å². The van der Waals surface area contributed by atoms with Gasteiger partial charge in [-0.05, 0) is 30.7 Å². The molecule has 8 nitrogen and oxygen atoms in total. The monoisotopic (exact) mass is 399 g/mol. The number of hydrogen-bond acceptors (Lipinski definition) is 7. The maximum atomic E-state index is 13.1. The third-order valence-corrected chi connectivity index (χ3v) is 9.68. The van der Waals surface area contributed by atoms with Crippen molar-refractivity contribution in [3.05, 3.63) is 59.4 Å². The molecule has 0 amide bonds. The van der Waals surface area contributed by atoms with Crippen molar-refractivity contribution < 1.29 is 33.3 Å². The maximum absolute atomic E-state index is 13.1. The van der Waals surface area contributed by atoms with Gasteiger partial charge in [0.05, 0.1) is 5.56 Å². The molecule has 2 aromatic rings. The molecule has 10 heteroatoms. The number of aliphatic hydroxyl groups is 1. The second kappa shape index (κ2) is 6.57. The van der Waals surface area contributed by atoms with Crippen LogP contribution in [0.15, 0.2) is 42.7 Å². The van der Waals surface area contributed by atoms with E-state index in [1.807, 2.05) is 0 Å². The molecule has 1 aliphatic heterocycles. The third kappa shape index (κ3) is 3.25. The van der Waals surface area contributed by atoms with E-state index in [1.165, 1.54) is 24.5 Å². The standard InChI is InChI=1S/C16H19NO7P2/c1-11-5-6-14(18)13(8-11)15-23-25(2,20)16(19,26(21,22)24-15)9-12-4-3-7-17-10-12/h3-8,10,15,18-19H,9H2,1-2H3,(H,21,22). The molecule has 0 aliphatic carbocycles. The average Bonchev–Trinajstić information content (AvgIpc) is 2.55. The largest absolute Gasteiger partial charge is 0.507 e. The molecule has 26 heavy (non-hydrogen) atoms. The van der Waals surface area contributed by atoms with Crippen LogP contribution in [0.25, 0.3) is 0 Å². The summed E-state index contributed by atoms with van der Waals surface area (Å²) in [4.78, 5) is 14.3. The van der Waals surface area contributed by atoms with Crippen molar-refractivity contribution in [1.82, 2.24) is 4.98 Å². The summed E-state index contributed by atoms with van der Waals surface area (Å²) in [7, 11) is -8.90. The molecule has 3 N–H and O–H groups in total.